The Hall–Kier alpha value is -9.60. The molecule has 2 saturated carbocycles. The molecule has 0 amide bonds. The first kappa shape index (κ1) is 52.3. The highest BCUT2D eigenvalue weighted by Gasteiger charge is 2.26. The molecule has 0 bridgehead atoms. The molecule has 6 aromatic carbocycles. The van der Waals surface area contributed by atoms with E-state index in [0.717, 1.165) is 183 Å². The van der Waals surface area contributed by atoms with Crippen molar-refractivity contribution in [3.63, 3.8) is 0 Å². The lowest BCUT2D eigenvalue weighted by Crippen LogP contribution is -2.31. The largest absolute Gasteiger partial charge is 0.438 e. The molecule has 0 atom stereocenters. The molecular weight excluding hydrogens is 1100 g/mol. The molecule has 17 rings (SSSR count). The number of hydrogen-bond donors (Lipinski definition) is 0. The number of fused-ring (bicyclic) bond motifs is 15. The summed E-state index contributed by atoms with van der Waals surface area (Å²) in [5.41, 5.74) is 17.6. The van der Waals surface area contributed by atoms with E-state index in [1.54, 1.807) is 0 Å². The van der Waals surface area contributed by atoms with Gasteiger partial charge in [-0.15, -0.1) is 0 Å². The molecule has 2 aliphatic carbocycles. The van der Waals surface area contributed by atoms with Gasteiger partial charge in [-0.25, -0.2) is 28.7 Å². The summed E-state index contributed by atoms with van der Waals surface area (Å²) < 4.78 is 59.9. The minimum absolute atomic E-state index is 0.119. The van der Waals surface area contributed by atoms with Gasteiger partial charge in [-0.3, -0.25) is 0 Å². The predicted octanol–water partition coefficient (Wildman–Crippen LogP) is 19.7. The Morgan fingerprint density at radius 3 is 1.16 bits per heavy atom. The lowest BCUT2D eigenvalue weighted by atomic mass is 9.84. The van der Waals surface area contributed by atoms with Crippen LogP contribution in [0, 0.1) is 26.7 Å². The van der Waals surface area contributed by atoms with Crippen molar-refractivity contribution in [3.8, 4) is 33.8 Å². The molecule has 0 radical (unpaired) electrons. The van der Waals surface area contributed by atoms with Crippen molar-refractivity contribution in [1.29, 1.82) is 0 Å². The quantitative estimate of drug-likeness (QED) is 0.148. The second kappa shape index (κ2) is 23.4. The van der Waals surface area contributed by atoms with Crippen molar-refractivity contribution >= 4 is 98.5 Å². The van der Waals surface area contributed by atoms with E-state index < -0.39 is 18.2 Å². The summed E-state index contributed by atoms with van der Waals surface area (Å²) in [5.74, 6) is -1.04. The zero-order valence-corrected chi connectivity index (χ0v) is 52.7. The lowest BCUT2D eigenvalue weighted by Gasteiger charge is -2.21. The van der Waals surface area contributed by atoms with Crippen LogP contribution in [-0.2, 0) is 27.5 Å². The van der Waals surface area contributed by atoms with Crippen molar-refractivity contribution in [3.05, 3.63) is 216 Å². The number of hydrogen-bond acceptors (Lipinski definition) is 6. The first-order valence-corrected chi connectivity index (χ1v) is 32.0. The van der Waals surface area contributed by atoms with E-state index in [0.29, 0.717) is 22.7 Å². The average molecular weight is 1190 g/mol. The Balaban J connectivity index is 0.000000116. The maximum absolute atomic E-state index is 9.12. The summed E-state index contributed by atoms with van der Waals surface area (Å²) in [6.45, 7) is 10.2. The Morgan fingerprint density at radius 2 is 0.778 bits per heavy atom. The molecule has 0 spiro atoms. The molecule has 2 aliphatic rings. The average Bonchev–Trinajstić information content (AvgIpc) is 1.55. The molecule has 9 aromatic heterocycles. The minimum atomic E-state index is -1.40. The van der Waals surface area contributed by atoms with Crippen LogP contribution in [0.25, 0.3) is 132 Å². The molecule has 9 heterocycles. The molecule has 9 heteroatoms. The summed E-state index contributed by atoms with van der Waals surface area (Å²) in [5, 5.41) is 13.1. The van der Waals surface area contributed by atoms with Crippen LogP contribution in [-0.4, -0.2) is 15.0 Å². The first-order valence-electron chi connectivity index (χ1n) is 34.0. The van der Waals surface area contributed by atoms with Gasteiger partial charge in [0.05, 0.1) is 16.2 Å². The van der Waals surface area contributed by atoms with Crippen molar-refractivity contribution < 1.29 is 32.4 Å². The van der Waals surface area contributed by atoms with E-state index in [1.807, 2.05) is 86.6 Å². The standard InChI is InChI=1S/C28H27N2O.C27H25N2O.C26H25N2O/c1-18-14-26-24(27-22-11-7-6-10-21(22)17-29-28(27)31-26)16-23(18)25-15-20(12-13-30(25)2)19-8-4-3-5-9-19;1-17-13-25-23(26-21-10-6-5-9-20(21)16-28-27(26)30-25)15-22(17)24-14-19(11-12-29(24)2)18-7-3-4-8-18;1-16(2)11-18-9-10-28(4)23(13-18)21-14-22-24(12-17(21)3)29-26-25(22)20-8-6-5-7-19(20)15-27-26/h6-7,10-17,19H,3-5,8-9H2,1-2H3;5-6,9-16,18H,3-4,7-8H2,1-2H3;5-10,12-16H,11H2,1-4H3/q3*+1/i19D;18D;11D2. The van der Waals surface area contributed by atoms with Gasteiger partial charge in [0.15, 0.2) is 18.6 Å². The van der Waals surface area contributed by atoms with Crippen molar-refractivity contribution in [2.24, 2.45) is 27.1 Å². The maximum atomic E-state index is 9.12. The van der Waals surface area contributed by atoms with Gasteiger partial charge in [0.1, 0.15) is 37.9 Å². The summed E-state index contributed by atoms with van der Waals surface area (Å²) in [7, 11) is 6.17. The number of benzene rings is 6. The van der Waals surface area contributed by atoms with E-state index in [-0.39, 0.29) is 5.92 Å². The molecule has 2 fully saturated rings. The number of rotatable bonds is 7. The van der Waals surface area contributed by atoms with Gasteiger partial charge in [0, 0.05) is 109 Å². The van der Waals surface area contributed by atoms with E-state index in [1.165, 1.54) is 17.5 Å². The van der Waals surface area contributed by atoms with Crippen LogP contribution in [0.5, 0.6) is 0 Å². The van der Waals surface area contributed by atoms with Gasteiger partial charge in [0.25, 0.3) is 0 Å². The summed E-state index contributed by atoms with van der Waals surface area (Å²) in [4.78, 5) is 13.7. The Kier molecular flexibility index (Phi) is 13.6. The zero-order valence-electron chi connectivity index (χ0n) is 56.7. The van der Waals surface area contributed by atoms with E-state index in [2.05, 4.69) is 181 Å². The molecule has 0 unspecified atom stereocenters. The second-order valence-electron chi connectivity index (χ2n) is 25.4. The fraction of sp³-hybridized carbons (Fsp3) is 0.259. The predicted molar refractivity (Wildman–Crippen MR) is 367 cm³/mol. The Bertz CT molecular complexity index is 5310. The topological polar surface area (TPSA) is 89.7 Å². The molecule has 90 heavy (non-hydrogen) atoms. The fourth-order valence-electron chi connectivity index (χ4n) is 14.2. The van der Waals surface area contributed by atoms with Gasteiger partial charge in [0.2, 0.25) is 34.2 Å². The van der Waals surface area contributed by atoms with Crippen LogP contribution >= 0.6 is 0 Å². The third kappa shape index (κ3) is 10.4. The molecule has 0 aliphatic heterocycles. The summed E-state index contributed by atoms with van der Waals surface area (Å²) >= 11 is 0. The van der Waals surface area contributed by atoms with Gasteiger partial charge in [-0.2, -0.15) is 0 Å². The van der Waals surface area contributed by atoms with Crippen LogP contribution in [0.3, 0.4) is 0 Å². The highest BCUT2D eigenvalue weighted by molar-refractivity contribution is 6.20. The smallest absolute Gasteiger partial charge is 0.227 e. The van der Waals surface area contributed by atoms with E-state index in [4.69, 9.17) is 18.7 Å². The fourth-order valence-corrected chi connectivity index (χ4v) is 14.2. The first-order chi connectivity index (χ1) is 45.3. The number of furan rings is 3. The monoisotopic (exact) mass is 1190 g/mol. The summed E-state index contributed by atoms with van der Waals surface area (Å²) in [6.07, 6.45) is 20.0. The van der Waals surface area contributed by atoms with Gasteiger partial charge < -0.3 is 13.3 Å². The third-order valence-corrected chi connectivity index (χ3v) is 18.9. The second-order valence-corrected chi connectivity index (χ2v) is 25.4. The van der Waals surface area contributed by atoms with Gasteiger partial charge in [-0.1, -0.05) is 119 Å². The Labute approximate surface area is 530 Å². The number of aryl methyl sites for hydroxylation is 6. The maximum Gasteiger partial charge on any atom is 0.227 e. The number of aromatic nitrogens is 6. The van der Waals surface area contributed by atoms with Crippen LogP contribution in [0.2, 0.25) is 0 Å². The molecule has 15 aromatic rings. The number of pyridine rings is 6. The molecule has 9 nitrogen and oxygen atoms in total. The van der Waals surface area contributed by atoms with Gasteiger partial charge >= 0.3 is 0 Å². The van der Waals surface area contributed by atoms with Crippen LogP contribution in [0.1, 0.15) is 122 Å². The summed E-state index contributed by atoms with van der Waals surface area (Å²) in [6, 6.07) is 50.5. The van der Waals surface area contributed by atoms with Crippen molar-refractivity contribution in [2.45, 2.75) is 111 Å². The third-order valence-electron chi connectivity index (χ3n) is 18.9. The normalized spacial score (nSPS) is 15.6. The molecule has 0 saturated heterocycles. The zero-order chi connectivity index (χ0) is 64.9. The lowest BCUT2D eigenvalue weighted by molar-refractivity contribution is -0.660. The van der Waals surface area contributed by atoms with Crippen LogP contribution in [0.4, 0.5) is 0 Å². The molecule has 0 N–H and O–H groups in total. The van der Waals surface area contributed by atoms with Crippen LogP contribution in [0.15, 0.2) is 196 Å². The van der Waals surface area contributed by atoms with Crippen LogP contribution < -0.4 is 13.7 Å². The number of nitrogens with zero attached hydrogens (tertiary/aromatic N) is 6. The SMILES string of the molecule is [2H]C([2H])(c1cc[n+](C)c(-c2cc3c(cc2C)oc2ncc4ccccc4c23)c1)C(C)C.[2H]C1(c2cc[n+](C)c(-c3cc4c(cc3C)oc3ncc5ccccc5c34)c2)CCCC1.[2H]C1(c2cc[n+](C)c(-c3cc4c(cc3C)oc3ncc5ccccc5c34)c2)CCCCC1. The molecule has 446 valence electrons. The molecular formula is C81H77N6O3+3. The highest BCUT2D eigenvalue weighted by Crippen LogP contribution is 2.42. The van der Waals surface area contributed by atoms with E-state index in [9.17, 15) is 0 Å². The van der Waals surface area contributed by atoms with Crippen molar-refractivity contribution in [1.82, 2.24) is 15.0 Å². The van der Waals surface area contributed by atoms with Gasteiger partial charge in [-0.05, 0) is 156 Å². The minimum Gasteiger partial charge on any atom is -0.438 e. The Morgan fingerprint density at radius 1 is 0.433 bits per heavy atom. The highest BCUT2D eigenvalue weighted by atomic mass is 16.3. The van der Waals surface area contributed by atoms with Crippen molar-refractivity contribution in [2.75, 3.05) is 0 Å². The van der Waals surface area contributed by atoms with E-state index >= 15 is 0 Å².